The number of para-hydroxylation sites is 1. The Morgan fingerprint density at radius 3 is 2.85 bits per heavy atom. The van der Waals surface area contributed by atoms with Crippen LogP contribution in [0.2, 0.25) is 0 Å². The van der Waals surface area contributed by atoms with Gasteiger partial charge < -0.3 is 15.4 Å². The van der Waals surface area contributed by atoms with Gasteiger partial charge in [0.05, 0.1) is 34.8 Å². The number of amides is 2. The van der Waals surface area contributed by atoms with Crippen molar-refractivity contribution in [3.8, 4) is 10.6 Å². The number of rotatable bonds is 3. The Labute approximate surface area is 154 Å². The van der Waals surface area contributed by atoms with Crippen molar-refractivity contribution in [1.29, 1.82) is 0 Å². The van der Waals surface area contributed by atoms with Crippen LogP contribution in [0.5, 0.6) is 0 Å². The average Bonchev–Trinajstić information content (AvgIpc) is 3.21. The lowest BCUT2D eigenvalue weighted by atomic mass is 10.0. The monoisotopic (exact) mass is 367 g/mol. The Morgan fingerprint density at radius 2 is 2.08 bits per heavy atom. The number of morpholine rings is 1. The van der Waals surface area contributed by atoms with Crippen LogP contribution in [0.15, 0.2) is 47.8 Å². The van der Waals surface area contributed by atoms with Crippen molar-refractivity contribution in [3.05, 3.63) is 53.4 Å². The smallest absolute Gasteiger partial charge is 0.254 e. The first-order valence-corrected chi connectivity index (χ1v) is 9.15. The van der Waals surface area contributed by atoms with Crippen LogP contribution in [0.4, 0.5) is 0 Å². The molecule has 1 unspecified atom stereocenters. The van der Waals surface area contributed by atoms with Crippen LogP contribution in [-0.2, 0) is 9.53 Å². The van der Waals surface area contributed by atoms with E-state index in [0.717, 1.165) is 21.5 Å². The minimum Gasteiger partial charge on any atom is -0.367 e. The number of hydrogen-bond donors (Lipinski definition) is 1. The number of benzene rings is 1. The summed E-state index contributed by atoms with van der Waals surface area (Å²) in [7, 11) is 0. The Kier molecular flexibility index (Phi) is 4.40. The second kappa shape index (κ2) is 6.86. The van der Waals surface area contributed by atoms with Crippen LogP contribution in [0.25, 0.3) is 21.5 Å². The number of fused-ring (bicyclic) bond motifs is 1. The molecule has 2 aromatic heterocycles. The van der Waals surface area contributed by atoms with E-state index in [1.807, 2.05) is 47.8 Å². The van der Waals surface area contributed by atoms with E-state index in [4.69, 9.17) is 10.5 Å². The SMILES string of the molecule is NC(=O)C1CN(C(=O)c2cc(-c3cccs3)nc3ccccc23)CCO1. The third kappa shape index (κ3) is 3.07. The zero-order valence-corrected chi connectivity index (χ0v) is 14.7. The molecule has 0 bridgehead atoms. The highest BCUT2D eigenvalue weighted by Gasteiger charge is 2.29. The van der Waals surface area contributed by atoms with Crippen molar-refractivity contribution in [1.82, 2.24) is 9.88 Å². The molecular formula is C19H17N3O3S. The summed E-state index contributed by atoms with van der Waals surface area (Å²) in [5.41, 5.74) is 7.44. The molecule has 3 aromatic rings. The van der Waals surface area contributed by atoms with E-state index in [2.05, 4.69) is 4.98 Å². The van der Waals surface area contributed by atoms with Crippen LogP contribution in [0, 0.1) is 0 Å². The highest BCUT2D eigenvalue weighted by atomic mass is 32.1. The van der Waals surface area contributed by atoms with Gasteiger partial charge in [-0.05, 0) is 23.6 Å². The standard InChI is InChI=1S/C19H17N3O3S/c20-18(23)16-11-22(7-8-25-16)19(24)13-10-15(17-6-3-9-26-17)21-14-5-2-1-4-12(13)14/h1-6,9-10,16H,7-8,11H2,(H2,20,23). The highest BCUT2D eigenvalue weighted by Crippen LogP contribution is 2.28. The summed E-state index contributed by atoms with van der Waals surface area (Å²) in [5, 5.41) is 2.77. The number of nitrogens with two attached hydrogens (primary N) is 1. The summed E-state index contributed by atoms with van der Waals surface area (Å²) < 4.78 is 5.35. The Hall–Kier alpha value is -2.77. The Morgan fingerprint density at radius 1 is 1.23 bits per heavy atom. The van der Waals surface area contributed by atoms with Crippen LogP contribution in [0.3, 0.4) is 0 Å². The van der Waals surface area contributed by atoms with E-state index in [-0.39, 0.29) is 12.5 Å². The predicted molar refractivity (Wildman–Crippen MR) is 99.9 cm³/mol. The lowest BCUT2D eigenvalue weighted by molar-refractivity contribution is -0.133. The first-order chi connectivity index (χ1) is 12.6. The van der Waals surface area contributed by atoms with Crippen molar-refractivity contribution in [2.45, 2.75) is 6.10 Å². The second-order valence-corrected chi connectivity index (χ2v) is 7.01. The third-order valence-electron chi connectivity index (χ3n) is 4.39. The quantitative estimate of drug-likeness (QED) is 0.770. The lowest BCUT2D eigenvalue weighted by Gasteiger charge is -2.31. The number of thiophene rings is 1. The van der Waals surface area contributed by atoms with Gasteiger partial charge >= 0.3 is 0 Å². The van der Waals surface area contributed by atoms with E-state index < -0.39 is 12.0 Å². The molecule has 3 heterocycles. The number of carbonyl (C=O) groups excluding carboxylic acids is 2. The maximum atomic E-state index is 13.2. The van der Waals surface area contributed by atoms with Gasteiger partial charge in [-0.15, -0.1) is 11.3 Å². The minimum absolute atomic E-state index is 0.143. The summed E-state index contributed by atoms with van der Waals surface area (Å²) in [6.07, 6.45) is -0.766. The summed E-state index contributed by atoms with van der Waals surface area (Å²) in [6.45, 7) is 0.882. The topological polar surface area (TPSA) is 85.5 Å². The van der Waals surface area contributed by atoms with Gasteiger partial charge in [-0.25, -0.2) is 4.98 Å². The fourth-order valence-electron chi connectivity index (χ4n) is 3.08. The molecule has 4 rings (SSSR count). The number of hydrogen-bond acceptors (Lipinski definition) is 5. The molecule has 7 heteroatoms. The Bertz CT molecular complexity index is 971. The van der Waals surface area contributed by atoms with Gasteiger partial charge in [0, 0.05) is 11.9 Å². The van der Waals surface area contributed by atoms with Crippen molar-refractivity contribution in [2.75, 3.05) is 19.7 Å². The molecule has 6 nitrogen and oxygen atoms in total. The molecule has 2 N–H and O–H groups in total. The van der Waals surface area contributed by atoms with E-state index in [0.29, 0.717) is 18.7 Å². The van der Waals surface area contributed by atoms with Gasteiger partial charge in [0.25, 0.3) is 5.91 Å². The fraction of sp³-hybridized carbons (Fsp3) is 0.211. The second-order valence-electron chi connectivity index (χ2n) is 6.06. The summed E-state index contributed by atoms with van der Waals surface area (Å²) >= 11 is 1.58. The molecular weight excluding hydrogens is 350 g/mol. The lowest BCUT2D eigenvalue weighted by Crippen LogP contribution is -2.50. The molecule has 1 saturated heterocycles. The van der Waals surface area contributed by atoms with Gasteiger partial charge in [0.15, 0.2) is 6.10 Å². The average molecular weight is 367 g/mol. The van der Waals surface area contributed by atoms with Crippen LogP contribution in [-0.4, -0.2) is 47.5 Å². The Balaban J connectivity index is 1.77. The number of aromatic nitrogens is 1. The molecule has 0 spiro atoms. The summed E-state index contributed by atoms with van der Waals surface area (Å²) in [6, 6.07) is 13.3. The van der Waals surface area contributed by atoms with Crippen molar-refractivity contribution in [2.24, 2.45) is 5.73 Å². The number of nitrogens with zero attached hydrogens (tertiary/aromatic N) is 2. The largest absolute Gasteiger partial charge is 0.367 e. The fourth-order valence-corrected chi connectivity index (χ4v) is 3.77. The van der Waals surface area contributed by atoms with Crippen molar-refractivity contribution < 1.29 is 14.3 Å². The van der Waals surface area contributed by atoms with Gasteiger partial charge in [0.1, 0.15) is 0 Å². The number of ether oxygens (including phenoxy) is 1. The first kappa shape index (κ1) is 16.7. The molecule has 0 radical (unpaired) electrons. The molecule has 2 amide bonds. The number of pyridine rings is 1. The van der Waals surface area contributed by atoms with Gasteiger partial charge in [-0.3, -0.25) is 9.59 Å². The minimum atomic E-state index is -0.766. The number of primary amides is 1. The van der Waals surface area contributed by atoms with Gasteiger partial charge in [0.2, 0.25) is 5.91 Å². The highest BCUT2D eigenvalue weighted by molar-refractivity contribution is 7.13. The molecule has 1 aromatic carbocycles. The zero-order chi connectivity index (χ0) is 18.1. The third-order valence-corrected chi connectivity index (χ3v) is 5.28. The van der Waals surface area contributed by atoms with E-state index >= 15 is 0 Å². The van der Waals surface area contributed by atoms with E-state index in [9.17, 15) is 9.59 Å². The van der Waals surface area contributed by atoms with Crippen LogP contribution in [0.1, 0.15) is 10.4 Å². The van der Waals surface area contributed by atoms with Crippen LogP contribution < -0.4 is 5.73 Å². The molecule has 132 valence electrons. The first-order valence-electron chi connectivity index (χ1n) is 8.27. The summed E-state index contributed by atoms with van der Waals surface area (Å²) in [5.74, 6) is -0.697. The van der Waals surface area contributed by atoms with E-state index in [1.54, 1.807) is 16.2 Å². The van der Waals surface area contributed by atoms with E-state index in [1.165, 1.54) is 0 Å². The molecule has 0 aliphatic carbocycles. The molecule has 1 fully saturated rings. The van der Waals surface area contributed by atoms with Crippen molar-refractivity contribution in [3.63, 3.8) is 0 Å². The summed E-state index contributed by atoms with van der Waals surface area (Å²) in [4.78, 5) is 31.9. The predicted octanol–water partition coefficient (Wildman–Crippen LogP) is 2.29. The van der Waals surface area contributed by atoms with Gasteiger partial charge in [-0.1, -0.05) is 24.3 Å². The maximum Gasteiger partial charge on any atom is 0.254 e. The van der Waals surface area contributed by atoms with Crippen LogP contribution >= 0.6 is 11.3 Å². The van der Waals surface area contributed by atoms with Gasteiger partial charge in [-0.2, -0.15) is 0 Å². The molecule has 1 atom stereocenters. The number of carbonyl (C=O) groups is 2. The molecule has 0 saturated carbocycles. The molecule has 1 aliphatic rings. The maximum absolute atomic E-state index is 13.2. The normalized spacial score (nSPS) is 17.4. The van der Waals surface area contributed by atoms with Crippen molar-refractivity contribution >= 4 is 34.1 Å². The molecule has 1 aliphatic heterocycles. The zero-order valence-electron chi connectivity index (χ0n) is 13.9. The molecule has 26 heavy (non-hydrogen) atoms.